The number of hydrogen-bond donors (Lipinski definition) is 2. The molecule has 0 fully saturated rings. The molecule has 0 saturated heterocycles. The summed E-state index contributed by atoms with van der Waals surface area (Å²) in [5.41, 5.74) is 2.83. The van der Waals surface area contributed by atoms with Gasteiger partial charge in [0.2, 0.25) is 11.8 Å². The smallest absolute Gasteiger partial charge is 0.271 e. The second kappa shape index (κ2) is 10.7. The minimum Gasteiger partial charge on any atom is -0.325 e. The molecule has 0 bridgehead atoms. The zero-order valence-electron chi connectivity index (χ0n) is 18.5. The Labute approximate surface area is 194 Å². The summed E-state index contributed by atoms with van der Waals surface area (Å²) < 4.78 is 1.67. The molecule has 2 aromatic carbocycles. The lowest BCUT2D eigenvalue weighted by atomic mass is 10.1. The summed E-state index contributed by atoms with van der Waals surface area (Å²) in [6, 6.07) is 11.9. The van der Waals surface area contributed by atoms with E-state index < -0.39 is 4.92 Å². The van der Waals surface area contributed by atoms with Crippen LogP contribution in [0.1, 0.15) is 23.9 Å². The molecular weight excluding hydrogens is 444 g/mol. The number of nitrogens with one attached hydrogen (secondary N) is 2. The SMILES string of the molecule is CCc1ccccc1NC(=O)Cc1nnc(SCC(=O)Nc2cc([N+](=O)[O-])ccc2C)n1C. The van der Waals surface area contributed by atoms with Gasteiger partial charge in [0.25, 0.3) is 5.69 Å². The summed E-state index contributed by atoms with van der Waals surface area (Å²) in [5, 5.41) is 25.2. The Balaban J connectivity index is 1.58. The van der Waals surface area contributed by atoms with Crippen molar-refractivity contribution >= 4 is 40.6 Å². The average Bonchev–Trinajstić information content (AvgIpc) is 3.13. The van der Waals surface area contributed by atoms with Crippen molar-refractivity contribution in [1.29, 1.82) is 0 Å². The third kappa shape index (κ3) is 6.16. The molecule has 2 amide bonds. The number of rotatable bonds is 9. The van der Waals surface area contributed by atoms with E-state index in [1.807, 2.05) is 31.2 Å². The van der Waals surface area contributed by atoms with E-state index in [0.717, 1.165) is 35.0 Å². The van der Waals surface area contributed by atoms with Crippen molar-refractivity contribution in [3.05, 3.63) is 69.5 Å². The fourth-order valence-electron chi connectivity index (χ4n) is 3.09. The molecule has 0 aliphatic heterocycles. The van der Waals surface area contributed by atoms with E-state index in [4.69, 9.17) is 0 Å². The summed E-state index contributed by atoms with van der Waals surface area (Å²) in [6.45, 7) is 3.78. The predicted octanol–water partition coefficient (Wildman–Crippen LogP) is 3.51. The van der Waals surface area contributed by atoms with Gasteiger partial charge < -0.3 is 15.2 Å². The molecule has 0 radical (unpaired) electrons. The van der Waals surface area contributed by atoms with Crippen molar-refractivity contribution in [3.8, 4) is 0 Å². The number of nitro benzene ring substituents is 1. The van der Waals surface area contributed by atoms with Gasteiger partial charge in [-0.05, 0) is 30.5 Å². The van der Waals surface area contributed by atoms with Crippen molar-refractivity contribution in [2.75, 3.05) is 16.4 Å². The van der Waals surface area contributed by atoms with Gasteiger partial charge in [0.15, 0.2) is 5.16 Å². The number of aryl methyl sites for hydroxylation is 2. The van der Waals surface area contributed by atoms with Crippen LogP contribution in [0.5, 0.6) is 0 Å². The van der Waals surface area contributed by atoms with Crippen molar-refractivity contribution < 1.29 is 14.5 Å². The Morgan fingerprint density at radius 2 is 1.82 bits per heavy atom. The van der Waals surface area contributed by atoms with Gasteiger partial charge in [-0.2, -0.15) is 0 Å². The van der Waals surface area contributed by atoms with E-state index in [9.17, 15) is 19.7 Å². The van der Waals surface area contributed by atoms with Gasteiger partial charge in [0, 0.05) is 24.9 Å². The quantitative estimate of drug-likeness (QED) is 0.279. The maximum Gasteiger partial charge on any atom is 0.271 e. The molecule has 0 aliphatic carbocycles. The Kier molecular flexibility index (Phi) is 7.78. The normalized spacial score (nSPS) is 10.6. The number of non-ortho nitro benzene ring substituents is 1. The first-order valence-electron chi connectivity index (χ1n) is 10.2. The topological polar surface area (TPSA) is 132 Å². The van der Waals surface area contributed by atoms with Gasteiger partial charge in [-0.1, -0.05) is 43.0 Å². The highest BCUT2D eigenvalue weighted by molar-refractivity contribution is 7.99. The number of para-hydroxylation sites is 1. The molecule has 0 atom stereocenters. The van der Waals surface area contributed by atoms with Gasteiger partial charge in [-0.15, -0.1) is 10.2 Å². The molecule has 3 aromatic rings. The number of nitro groups is 1. The Bertz CT molecular complexity index is 1190. The number of amides is 2. The molecular formula is C22H24N6O4S. The largest absolute Gasteiger partial charge is 0.325 e. The molecule has 1 aromatic heterocycles. The molecule has 11 heteroatoms. The van der Waals surface area contributed by atoms with Crippen LogP contribution in [0, 0.1) is 17.0 Å². The molecule has 1 heterocycles. The Hall–Kier alpha value is -3.73. The van der Waals surface area contributed by atoms with Crippen LogP contribution < -0.4 is 10.6 Å². The van der Waals surface area contributed by atoms with E-state index in [1.165, 1.54) is 12.1 Å². The van der Waals surface area contributed by atoms with Crippen molar-refractivity contribution in [2.24, 2.45) is 7.05 Å². The lowest BCUT2D eigenvalue weighted by Crippen LogP contribution is -2.18. The maximum absolute atomic E-state index is 12.5. The number of hydrogen-bond acceptors (Lipinski definition) is 7. The van der Waals surface area contributed by atoms with Gasteiger partial charge in [-0.3, -0.25) is 19.7 Å². The monoisotopic (exact) mass is 468 g/mol. The fourth-order valence-corrected chi connectivity index (χ4v) is 3.82. The molecule has 33 heavy (non-hydrogen) atoms. The second-order valence-electron chi connectivity index (χ2n) is 7.29. The van der Waals surface area contributed by atoms with Crippen molar-refractivity contribution in [1.82, 2.24) is 14.8 Å². The Morgan fingerprint density at radius 3 is 2.55 bits per heavy atom. The summed E-state index contributed by atoms with van der Waals surface area (Å²) >= 11 is 1.16. The maximum atomic E-state index is 12.5. The first kappa shape index (κ1) is 23.9. The van der Waals surface area contributed by atoms with Gasteiger partial charge in [0.05, 0.1) is 22.8 Å². The van der Waals surface area contributed by atoms with E-state index >= 15 is 0 Å². The summed E-state index contributed by atoms with van der Waals surface area (Å²) in [7, 11) is 1.73. The number of aromatic nitrogens is 3. The summed E-state index contributed by atoms with van der Waals surface area (Å²) in [5.74, 6) is -0.0349. The molecule has 0 aliphatic rings. The van der Waals surface area contributed by atoms with E-state index in [2.05, 4.69) is 20.8 Å². The highest BCUT2D eigenvalue weighted by Crippen LogP contribution is 2.23. The standard InChI is InChI=1S/C22H24N6O4S/c1-4-15-7-5-6-8-17(15)23-20(29)12-19-25-26-22(27(19)3)33-13-21(30)24-18-11-16(28(31)32)10-9-14(18)2/h5-11H,4,12-13H2,1-3H3,(H,23,29)(H,24,30). The van der Waals surface area contributed by atoms with Crippen LogP contribution >= 0.6 is 11.8 Å². The van der Waals surface area contributed by atoms with Crippen LogP contribution in [0.4, 0.5) is 17.1 Å². The Morgan fingerprint density at radius 1 is 1.09 bits per heavy atom. The number of anilines is 2. The third-order valence-electron chi connectivity index (χ3n) is 4.95. The lowest BCUT2D eigenvalue weighted by molar-refractivity contribution is -0.384. The van der Waals surface area contributed by atoms with Crippen LogP contribution in [0.2, 0.25) is 0 Å². The highest BCUT2D eigenvalue weighted by atomic mass is 32.2. The number of carbonyl (C=O) groups excluding carboxylic acids is 2. The van der Waals surface area contributed by atoms with Crippen molar-refractivity contribution in [3.63, 3.8) is 0 Å². The lowest BCUT2D eigenvalue weighted by Gasteiger charge is -2.10. The highest BCUT2D eigenvalue weighted by Gasteiger charge is 2.16. The van der Waals surface area contributed by atoms with E-state index in [1.54, 1.807) is 24.6 Å². The fraction of sp³-hybridized carbons (Fsp3) is 0.273. The minimum atomic E-state index is -0.512. The van der Waals surface area contributed by atoms with E-state index in [0.29, 0.717) is 16.7 Å². The molecule has 2 N–H and O–H groups in total. The number of benzene rings is 2. The first-order chi connectivity index (χ1) is 15.8. The van der Waals surface area contributed by atoms with Crippen LogP contribution in [0.25, 0.3) is 0 Å². The zero-order chi connectivity index (χ0) is 24.0. The summed E-state index contributed by atoms with van der Waals surface area (Å²) in [6.07, 6.45) is 0.848. The molecule has 10 nitrogen and oxygen atoms in total. The number of thioether (sulfide) groups is 1. The van der Waals surface area contributed by atoms with Crippen LogP contribution in [0.3, 0.4) is 0 Å². The van der Waals surface area contributed by atoms with E-state index in [-0.39, 0.29) is 29.7 Å². The predicted molar refractivity (Wildman–Crippen MR) is 126 cm³/mol. The van der Waals surface area contributed by atoms with Gasteiger partial charge in [-0.25, -0.2) is 0 Å². The molecule has 172 valence electrons. The van der Waals surface area contributed by atoms with Gasteiger partial charge >= 0.3 is 0 Å². The van der Waals surface area contributed by atoms with Crippen LogP contribution in [0.15, 0.2) is 47.6 Å². The second-order valence-corrected chi connectivity index (χ2v) is 8.23. The van der Waals surface area contributed by atoms with Gasteiger partial charge in [0.1, 0.15) is 5.82 Å². The average molecular weight is 469 g/mol. The summed E-state index contributed by atoms with van der Waals surface area (Å²) in [4.78, 5) is 35.3. The number of nitrogens with zero attached hydrogens (tertiary/aromatic N) is 4. The molecule has 0 saturated carbocycles. The number of carbonyl (C=O) groups is 2. The van der Waals surface area contributed by atoms with Crippen LogP contribution in [-0.2, 0) is 29.5 Å². The molecule has 3 rings (SSSR count). The minimum absolute atomic E-state index is 0.0319. The van der Waals surface area contributed by atoms with Crippen molar-refractivity contribution in [2.45, 2.75) is 31.8 Å². The zero-order valence-corrected chi connectivity index (χ0v) is 19.3. The van der Waals surface area contributed by atoms with Crippen LogP contribution in [-0.4, -0.2) is 37.3 Å². The molecule has 0 spiro atoms. The third-order valence-corrected chi connectivity index (χ3v) is 5.97. The molecule has 0 unspecified atom stereocenters. The first-order valence-corrected chi connectivity index (χ1v) is 11.2.